The number of aromatic nitrogens is 2. The average Bonchev–Trinajstić information content (AvgIpc) is 2.77. The summed E-state index contributed by atoms with van der Waals surface area (Å²) in [7, 11) is -1.81. The van der Waals surface area contributed by atoms with Crippen molar-refractivity contribution in [1.82, 2.24) is 13.9 Å². The van der Waals surface area contributed by atoms with Gasteiger partial charge in [-0.3, -0.25) is 0 Å². The van der Waals surface area contributed by atoms with Gasteiger partial charge in [0.25, 0.3) is 10.0 Å². The summed E-state index contributed by atoms with van der Waals surface area (Å²) in [5.41, 5.74) is 5.75. The lowest BCUT2D eigenvalue weighted by atomic mass is 10.2. The Labute approximate surface area is 107 Å². The Morgan fingerprint density at radius 3 is 2.89 bits per heavy atom. The molecule has 1 aliphatic heterocycles. The molecule has 18 heavy (non-hydrogen) atoms. The van der Waals surface area contributed by atoms with Crippen LogP contribution in [0.25, 0.3) is 0 Å². The minimum absolute atomic E-state index is 0.0651. The van der Waals surface area contributed by atoms with Crippen molar-refractivity contribution in [3.05, 3.63) is 12.5 Å². The van der Waals surface area contributed by atoms with E-state index in [-0.39, 0.29) is 23.7 Å². The minimum atomic E-state index is -3.54. The van der Waals surface area contributed by atoms with Gasteiger partial charge in [0.2, 0.25) is 0 Å². The summed E-state index contributed by atoms with van der Waals surface area (Å²) in [6, 6.07) is -0.202. The molecule has 2 atom stereocenters. The van der Waals surface area contributed by atoms with Crippen LogP contribution in [0, 0.1) is 0 Å². The van der Waals surface area contributed by atoms with E-state index in [0.29, 0.717) is 13.2 Å². The predicted molar refractivity (Wildman–Crippen MR) is 65.4 cm³/mol. The standard InChI is InChI=1S/C10H18N4O3S/c1-8(11)9-5-14(3-4-17-9)18(15,16)10-6-13(2)7-12-10/h6-9H,3-5,11H2,1-2H3. The van der Waals surface area contributed by atoms with Gasteiger partial charge in [0.15, 0.2) is 5.03 Å². The van der Waals surface area contributed by atoms with Crippen LogP contribution < -0.4 is 5.73 Å². The molecule has 1 aromatic heterocycles. The highest BCUT2D eigenvalue weighted by molar-refractivity contribution is 7.89. The quantitative estimate of drug-likeness (QED) is 0.776. The first-order chi connectivity index (χ1) is 8.41. The number of nitrogens with zero attached hydrogens (tertiary/aromatic N) is 3. The second-order valence-corrected chi connectivity index (χ2v) is 6.39. The molecule has 1 saturated heterocycles. The molecule has 0 aliphatic carbocycles. The highest BCUT2D eigenvalue weighted by Gasteiger charge is 2.33. The van der Waals surface area contributed by atoms with Gasteiger partial charge >= 0.3 is 0 Å². The van der Waals surface area contributed by atoms with Gasteiger partial charge in [-0.05, 0) is 6.92 Å². The molecule has 0 saturated carbocycles. The molecule has 2 unspecified atom stereocenters. The van der Waals surface area contributed by atoms with E-state index >= 15 is 0 Å². The van der Waals surface area contributed by atoms with Gasteiger partial charge in [-0.2, -0.15) is 4.31 Å². The zero-order chi connectivity index (χ0) is 13.3. The van der Waals surface area contributed by atoms with Crippen molar-refractivity contribution >= 4 is 10.0 Å². The number of rotatable bonds is 3. The zero-order valence-electron chi connectivity index (χ0n) is 10.5. The Bertz CT molecular complexity index is 511. The summed E-state index contributed by atoms with van der Waals surface area (Å²) in [6.07, 6.45) is 2.69. The van der Waals surface area contributed by atoms with Gasteiger partial charge in [-0.15, -0.1) is 0 Å². The molecule has 8 heteroatoms. The molecule has 2 heterocycles. The second-order valence-electron chi connectivity index (χ2n) is 4.51. The minimum Gasteiger partial charge on any atom is -0.374 e. The first-order valence-corrected chi connectivity index (χ1v) is 7.20. The van der Waals surface area contributed by atoms with E-state index in [1.807, 2.05) is 6.92 Å². The molecular weight excluding hydrogens is 256 g/mol. The second kappa shape index (κ2) is 4.96. The highest BCUT2D eigenvalue weighted by Crippen LogP contribution is 2.17. The molecule has 2 rings (SSSR count). The Kier molecular flexibility index (Phi) is 3.71. The molecule has 0 amide bonds. The summed E-state index contributed by atoms with van der Waals surface area (Å²) in [5.74, 6) is 0. The van der Waals surface area contributed by atoms with Crippen molar-refractivity contribution in [2.45, 2.75) is 24.1 Å². The van der Waals surface area contributed by atoms with Gasteiger partial charge in [0.05, 0.1) is 19.0 Å². The van der Waals surface area contributed by atoms with E-state index in [2.05, 4.69) is 4.98 Å². The van der Waals surface area contributed by atoms with Gasteiger partial charge < -0.3 is 15.0 Å². The molecule has 1 aromatic rings. The molecule has 0 bridgehead atoms. The lowest BCUT2D eigenvalue weighted by Crippen LogP contribution is -2.51. The normalized spacial score (nSPS) is 24.1. The first kappa shape index (κ1) is 13.5. The maximum atomic E-state index is 12.3. The molecule has 0 aromatic carbocycles. The molecule has 0 radical (unpaired) electrons. The van der Waals surface area contributed by atoms with Crippen LogP contribution >= 0.6 is 0 Å². The third-order valence-electron chi connectivity index (χ3n) is 2.93. The fourth-order valence-corrected chi connectivity index (χ4v) is 3.24. The van der Waals surface area contributed by atoms with Crippen LogP contribution in [0.1, 0.15) is 6.92 Å². The van der Waals surface area contributed by atoms with Crippen molar-refractivity contribution in [3.63, 3.8) is 0 Å². The van der Waals surface area contributed by atoms with Crippen LogP contribution in [0.15, 0.2) is 17.6 Å². The van der Waals surface area contributed by atoms with Crippen molar-refractivity contribution in [2.75, 3.05) is 19.7 Å². The van der Waals surface area contributed by atoms with E-state index in [9.17, 15) is 8.42 Å². The number of imidazole rings is 1. The van der Waals surface area contributed by atoms with E-state index in [1.165, 1.54) is 16.8 Å². The Morgan fingerprint density at radius 1 is 1.61 bits per heavy atom. The summed E-state index contributed by atoms with van der Waals surface area (Å²) in [4.78, 5) is 3.89. The van der Waals surface area contributed by atoms with Crippen molar-refractivity contribution < 1.29 is 13.2 Å². The van der Waals surface area contributed by atoms with Crippen molar-refractivity contribution in [3.8, 4) is 0 Å². The maximum absolute atomic E-state index is 12.3. The molecule has 2 N–H and O–H groups in total. The van der Waals surface area contributed by atoms with E-state index in [4.69, 9.17) is 10.5 Å². The molecule has 7 nitrogen and oxygen atoms in total. The molecule has 0 spiro atoms. The predicted octanol–water partition coefficient (Wildman–Crippen LogP) is -0.843. The molecular formula is C10H18N4O3S. The molecule has 102 valence electrons. The van der Waals surface area contributed by atoms with Crippen LogP contribution in [0.2, 0.25) is 0 Å². The Morgan fingerprint density at radius 2 is 2.33 bits per heavy atom. The van der Waals surface area contributed by atoms with E-state index in [0.717, 1.165) is 0 Å². The number of hydrogen-bond donors (Lipinski definition) is 1. The lowest BCUT2D eigenvalue weighted by Gasteiger charge is -2.33. The fourth-order valence-electron chi connectivity index (χ4n) is 1.84. The highest BCUT2D eigenvalue weighted by atomic mass is 32.2. The SMILES string of the molecule is CC(N)C1CN(S(=O)(=O)c2cn(C)cn2)CCO1. The molecule has 1 aliphatic rings. The van der Waals surface area contributed by atoms with E-state index in [1.54, 1.807) is 11.6 Å². The summed E-state index contributed by atoms with van der Waals surface area (Å²) < 4.78 is 33.1. The van der Waals surface area contributed by atoms with Crippen molar-refractivity contribution in [1.29, 1.82) is 0 Å². The van der Waals surface area contributed by atoms with Gasteiger partial charge in [-0.25, -0.2) is 13.4 Å². The molecule has 1 fully saturated rings. The van der Waals surface area contributed by atoms with E-state index < -0.39 is 10.0 Å². The number of nitrogens with two attached hydrogens (primary N) is 1. The maximum Gasteiger partial charge on any atom is 0.262 e. The number of morpholine rings is 1. The van der Waals surface area contributed by atoms with Crippen LogP contribution in [0.4, 0.5) is 0 Å². The summed E-state index contributed by atoms with van der Waals surface area (Å²) in [5, 5.41) is 0.0651. The van der Waals surface area contributed by atoms with Gasteiger partial charge in [-0.1, -0.05) is 0 Å². The lowest BCUT2D eigenvalue weighted by molar-refractivity contribution is -0.0120. The zero-order valence-corrected chi connectivity index (χ0v) is 11.3. The fraction of sp³-hybridized carbons (Fsp3) is 0.700. The van der Waals surface area contributed by atoms with Crippen LogP contribution in [-0.2, 0) is 21.8 Å². The average molecular weight is 274 g/mol. The Hall–Kier alpha value is -0.960. The summed E-state index contributed by atoms with van der Waals surface area (Å²) >= 11 is 0. The number of sulfonamides is 1. The van der Waals surface area contributed by atoms with Gasteiger partial charge in [0, 0.05) is 32.4 Å². The van der Waals surface area contributed by atoms with Crippen LogP contribution in [0.5, 0.6) is 0 Å². The largest absolute Gasteiger partial charge is 0.374 e. The topological polar surface area (TPSA) is 90.5 Å². The van der Waals surface area contributed by atoms with Crippen LogP contribution in [0.3, 0.4) is 0 Å². The Balaban J connectivity index is 2.20. The summed E-state index contributed by atoms with van der Waals surface area (Å²) in [6.45, 7) is 2.78. The first-order valence-electron chi connectivity index (χ1n) is 5.76. The third-order valence-corrected chi connectivity index (χ3v) is 4.68. The number of aryl methyl sites for hydroxylation is 1. The third kappa shape index (κ3) is 2.56. The number of hydrogen-bond acceptors (Lipinski definition) is 5. The smallest absolute Gasteiger partial charge is 0.262 e. The number of ether oxygens (including phenoxy) is 1. The van der Waals surface area contributed by atoms with Crippen molar-refractivity contribution in [2.24, 2.45) is 12.8 Å². The monoisotopic (exact) mass is 274 g/mol. The van der Waals surface area contributed by atoms with Crippen LogP contribution in [-0.4, -0.2) is 54.1 Å². The van der Waals surface area contributed by atoms with Gasteiger partial charge in [0.1, 0.15) is 0 Å².